The Morgan fingerprint density at radius 1 is 1.00 bits per heavy atom. The summed E-state index contributed by atoms with van der Waals surface area (Å²) in [5.74, 6) is -0.861. The van der Waals surface area contributed by atoms with Gasteiger partial charge in [0, 0.05) is 17.3 Å². The second kappa shape index (κ2) is 7.28. The lowest BCUT2D eigenvalue weighted by molar-refractivity contribution is -0.380. The van der Waals surface area contributed by atoms with Crippen LogP contribution in [0.3, 0.4) is 0 Å². The van der Waals surface area contributed by atoms with E-state index in [4.69, 9.17) is 0 Å². The van der Waals surface area contributed by atoms with Gasteiger partial charge in [-0.05, 0) is 31.0 Å². The number of nitro groups is 1. The first-order valence-electron chi connectivity index (χ1n) is 7.59. The van der Waals surface area contributed by atoms with Crippen molar-refractivity contribution in [3.8, 4) is 0 Å². The van der Waals surface area contributed by atoms with E-state index in [1.165, 1.54) is 0 Å². The van der Waals surface area contributed by atoms with Crippen molar-refractivity contribution in [2.24, 2.45) is 0 Å². The Hall–Kier alpha value is -2.70. The molecule has 1 heterocycles. The number of amides is 1. The fourth-order valence-electron chi connectivity index (χ4n) is 2.57. The molecule has 1 amide bonds. The quantitative estimate of drug-likeness (QED) is 0.367. The van der Waals surface area contributed by atoms with Gasteiger partial charge in [0.1, 0.15) is 0 Å². The third-order valence-electron chi connectivity index (χ3n) is 3.95. The maximum Gasteiger partial charge on any atom is 0.435 e. The Kier molecular flexibility index (Phi) is 5.67. The minimum atomic E-state index is -6.26. The average Bonchev–Trinajstić information content (AvgIpc) is 3.05. The van der Waals surface area contributed by atoms with Crippen LogP contribution in [0.1, 0.15) is 26.4 Å². The monoisotopic (exact) mass is 444 g/mol. The number of nitrogens with one attached hydrogen (secondary N) is 1. The fraction of sp³-hybridized carbons (Fsp3) is 0.312. The maximum absolute atomic E-state index is 14.2. The van der Waals surface area contributed by atoms with Crippen molar-refractivity contribution in [1.82, 2.24) is 0 Å². The highest BCUT2D eigenvalue weighted by Gasteiger charge is 2.73. The second-order valence-electron chi connectivity index (χ2n) is 5.99. The van der Waals surface area contributed by atoms with Crippen molar-refractivity contribution in [2.75, 3.05) is 5.32 Å². The number of benzene rings is 1. The summed E-state index contributed by atoms with van der Waals surface area (Å²) in [7, 11) is 0. The number of thiophene rings is 1. The van der Waals surface area contributed by atoms with Crippen LogP contribution in [0.5, 0.6) is 0 Å². The Morgan fingerprint density at radius 2 is 1.48 bits per heavy atom. The molecule has 29 heavy (non-hydrogen) atoms. The zero-order chi connectivity index (χ0) is 22.4. The number of hydrogen-bond donors (Lipinski definition) is 1. The molecule has 0 spiro atoms. The number of rotatable bonds is 4. The summed E-state index contributed by atoms with van der Waals surface area (Å²) in [6.45, 7) is 2.19. The smallest absolute Gasteiger partial charge is 0.321 e. The van der Waals surface area contributed by atoms with Gasteiger partial charge in [-0.3, -0.25) is 14.9 Å². The van der Waals surface area contributed by atoms with Crippen LogP contribution in [0.2, 0.25) is 0 Å². The topological polar surface area (TPSA) is 72.2 Å². The van der Waals surface area contributed by atoms with Crippen molar-refractivity contribution in [2.45, 2.75) is 31.9 Å². The predicted molar refractivity (Wildman–Crippen MR) is 89.7 cm³/mol. The molecule has 1 aromatic carbocycles. The molecule has 0 fully saturated rings. The molecule has 2 rings (SSSR count). The standard InChI is InChI=1S/C16H11F7N2O3S/c1-7-5-9(14(17,15(18,19)20)16(21,22)23)6-8(2)12(7)24-13(26)10-3-4-11(29-10)25(27)28/h3-6H,1-2H3,(H,24,26). The van der Waals surface area contributed by atoms with E-state index in [0.717, 1.165) is 26.0 Å². The van der Waals surface area contributed by atoms with Crippen LogP contribution in [0, 0.1) is 24.0 Å². The third kappa shape index (κ3) is 4.04. The molecule has 0 atom stereocenters. The van der Waals surface area contributed by atoms with Crippen LogP contribution in [-0.4, -0.2) is 23.2 Å². The van der Waals surface area contributed by atoms with Gasteiger partial charge in [-0.15, -0.1) is 0 Å². The van der Waals surface area contributed by atoms with Gasteiger partial charge in [0.15, 0.2) is 0 Å². The summed E-state index contributed by atoms with van der Waals surface area (Å²) >= 11 is 0.526. The molecule has 5 nitrogen and oxygen atoms in total. The largest absolute Gasteiger partial charge is 0.435 e. The molecule has 158 valence electrons. The van der Waals surface area contributed by atoms with E-state index in [2.05, 4.69) is 5.32 Å². The molecule has 0 aliphatic heterocycles. The highest BCUT2D eigenvalue weighted by molar-refractivity contribution is 7.17. The van der Waals surface area contributed by atoms with Gasteiger partial charge >= 0.3 is 23.0 Å². The number of aryl methyl sites for hydroxylation is 2. The van der Waals surface area contributed by atoms with Crippen molar-refractivity contribution in [3.63, 3.8) is 0 Å². The first kappa shape index (κ1) is 22.6. The number of carbonyl (C=O) groups excluding carboxylic acids is 1. The molecule has 1 aromatic heterocycles. The van der Waals surface area contributed by atoms with E-state index in [9.17, 15) is 45.6 Å². The first-order valence-corrected chi connectivity index (χ1v) is 8.41. The molecule has 1 N–H and O–H groups in total. The van der Waals surface area contributed by atoms with Gasteiger partial charge in [0.25, 0.3) is 5.91 Å². The molecule has 0 unspecified atom stereocenters. The third-order valence-corrected chi connectivity index (χ3v) is 4.98. The zero-order valence-electron chi connectivity index (χ0n) is 14.5. The Morgan fingerprint density at radius 3 is 1.86 bits per heavy atom. The molecule has 0 saturated heterocycles. The van der Waals surface area contributed by atoms with Crippen molar-refractivity contribution >= 4 is 27.9 Å². The maximum atomic E-state index is 14.2. The van der Waals surface area contributed by atoms with E-state index in [-0.39, 0.29) is 26.7 Å². The minimum Gasteiger partial charge on any atom is -0.321 e. The van der Waals surface area contributed by atoms with Gasteiger partial charge < -0.3 is 5.32 Å². The highest BCUT2D eigenvalue weighted by Crippen LogP contribution is 2.53. The van der Waals surface area contributed by atoms with E-state index in [0.29, 0.717) is 23.5 Å². The highest BCUT2D eigenvalue weighted by atomic mass is 32.1. The lowest BCUT2D eigenvalue weighted by atomic mass is 9.90. The van der Waals surface area contributed by atoms with E-state index in [1.807, 2.05) is 0 Å². The summed E-state index contributed by atoms with van der Waals surface area (Å²) in [4.78, 5) is 22.0. The number of anilines is 1. The molecule has 13 heteroatoms. The molecule has 0 radical (unpaired) electrons. The van der Waals surface area contributed by atoms with E-state index >= 15 is 0 Å². The summed E-state index contributed by atoms with van der Waals surface area (Å²) in [6.07, 6.45) is -12.5. The Labute approximate surface area is 162 Å². The van der Waals surface area contributed by atoms with Crippen LogP contribution >= 0.6 is 11.3 Å². The molecular weight excluding hydrogens is 433 g/mol. The lowest BCUT2D eigenvalue weighted by Crippen LogP contribution is -2.50. The lowest BCUT2D eigenvalue weighted by Gasteiger charge is -2.31. The summed E-state index contributed by atoms with van der Waals surface area (Å²) < 4.78 is 91.8. The molecule has 0 aliphatic rings. The molecule has 0 bridgehead atoms. The van der Waals surface area contributed by atoms with Crippen LogP contribution in [0.15, 0.2) is 24.3 Å². The molecule has 2 aromatic rings. The zero-order valence-corrected chi connectivity index (χ0v) is 15.4. The number of alkyl halides is 7. The van der Waals surface area contributed by atoms with Gasteiger partial charge in [-0.1, -0.05) is 23.5 Å². The normalized spacial score (nSPS) is 12.7. The van der Waals surface area contributed by atoms with Gasteiger partial charge in [-0.2, -0.15) is 26.3 Å². The summed E-state index contributed by atoms with van der Waals surface area (Å²) in [5.41, 5.74) is -7.91. The van der Waals surface area contributed by atoms with Crippen molar-refractivity contribution in [1.29, 1.82) is 0 Å². The SMILES string of the molecule is Cc1cc(C(F)(C(F)(F)F)C(F)(F)F)cc(C)c1NC(=O)c1ccc([N+](=O)[O-])s1. The van der Waals surface area contributed by atoms with Crippen LogP contribution in [-0.2, 0) is 5.67 Å². The predicted octanol–water partition coefficient (Wildman–Crippen LogP) is 5.81. The molecular formula is C16H11F7N2O3S. The molecule has 0 saturated carbocycles. The Balaban J connectivity index is 2.45. The summed E-state index contributed by atoms with van der Waals surface area (Å²) in [6, 6.07) is 2.89. The first-order chi connectivity index (χ1) is 13.1. The van der Waals surface area contributed by atoms with Gasteiger partial charge in [0.2, 0.25) is 0 Å². The van der Waals surface area contributed by atoms with E-state index < -0.39 is 34.4 Å². The van der Waals surface area contributed by atoms with Gasteiger partial charge in [-0.25, -0.2) is 4.39 Å². The number of nitrogens with zero attached hydrogens (tertiary/aromatic N) is 1. The summed E-state index contributed by atoms with van der Waals surface area (Å²) in [5, 5.41) is 12.6. The van der Waals surface area contributed by atoms with Crippen molar-refractivity contribution in [3.05, 3.63) is 55.9 Å². The van der Waals surface area contributed by atoms with Crippen molar-refractivity contribution < 1.29 is 40.5 Å². The van der Waals surface area contributed by atoms with E-state index in [1.54, 1.807) is 0 Å². The number of carbonyl (C=O) groups is 1. The van der Waals surface area contributed by atoms with Crippen LogP contribution in [0.25, 0.3) is 0 Å². The average molecular weight is 444 g/mol. The number of hydrogen-bond acceptors (Lipinski definition) is 4. The minimum absolute atomic E-state index is 0.106. The van der Waals surface area contributed by atoms with Crippen LogP contribution in [0.4, 0.5) is 41.4 Å². The fourth-order valence-corrected chi connectivity index (χ4v) is 3.29. The number of halogens is 7. The molecule has 0 aliphatic carbocycles. The second-order valence-corrected chi connectivity index (χ2v) is 7.05. The van der Waals surface area contributed by atoms with Crippen LogP contribution < -0.4 is 5.32 Å². The van der Waals surface area contributed by atoms with Gasteiger partial charge in [0.05, 0.1) is 9.80 Å². The Bertz CT molecular complexity index is 929.